The van der Waals surface area contributed by atoms with Gasteiger partial charge in [-0.3, -0.25) is 4.79 Å². The summed E-state index contributed by atoms with van der Waals surface area (Å²) in [5.41, 5.74) is 7.74. The van der Waals surface area contributed by atoms with E-state index in [1.54, 1.807) is 0 Å². The number of carbonyl (C=O) groups excluding carboxylic acids is 1. The highest BCUT2D eigenvalue weighted by Gasteiger charge is 2.31. The molecule has 1 amide bonds. The maximum atomic E-state index is 12.5. The van der Waals surface area contributed by atoms with E-state index < -0.39 is 0 Å². The van der Waals surface area contributed by atoms with Crippen LogP contribution in [0.2, 0.25) is 0 Å². The minimum Gasteiger partial charge on any atom is -0.334 e. The maximum Gasteiger partial charge on any atom is 0.254 e. The summed E-state index contributed by atoms with van der Waals surface area (Å²) in [5.74, 6) is 0.623. The van der Waals surface area contributed by atoms with Gasteiger partial charge in [0.25, 0.3) is 5.91 Å². The van der Waals surface area contributed by atoms with Crippen LogP contribution >= 0.6 is 0 Å². The fourth-order valence-corrected chi connectivity index (χ4v) is 2.80. The minimum absolute atomic E-state index is 0.126. The van der Waals surface area contributed by atoms with Crippen LogP contribution in [-0.4, -0.2) is 29.9 Å². The molecule has 2 rings (SSSR count). The van der Waals surface area contributed by atoms with Crippen molar-refractivity contribution in [2.24, 2.45) is 11.7 Å². The second kappa shape index (κ2) is 5.53. The maximum absolute atomic E-state index is 12.5. The van der Waals surface area contributed by atoms with Gasteiger partial charge >= 0.3 is 0 Å². The van der Waals surface area contributed by atoms with E-state index in [2.05, 4.69) is 6.92 Å². The summed E-state index contributed by atoms with van der Waals surface area (Å²) in [4.78, 5) is 14.5. The van der Waals surface area contributed by atoms with Gasteiger partial charge in [0.15, 0.2) is 0 Å². The standard InChI is InChI=1S/C15H22N2O/c1-11-5-3-7-13(9-11)15(18)17-8-4-6-12(2)14(17)10-16/h3,5,7,9,12,14H,4,6,8,10,16H2,1-2H3. The monoisotopic (exact) mass is 246 g/mol. The molecule has 1 aliphatic rings. The summed E-state index contributed by atoms with van der Waals surface area (Å²) in [6.45, 7) is 5.58. The minimum atomic E-state index is 0.126. The second-order valence-electron chi connectivity index (χ2n) is 5.29. The van der Waals surface area contributed by atoms with Gasteiger partial charge in [0.1, 0.15) is 0 Å². The predicted octanol–water partition coefficient (Wildman–Crippen LogP) is 2.19. The molecule has 1 aromatic carbocycles. The Morgan fingerprint density at radius 1 is 1.50 bits per heavy atom. The van der Waals surface area contributed by atoms with Crippen LogP contribution in [0, 0.1) is 12.8 Å². The molecule has 1 fully saturated rings. The first-order chi connectivity index (χ1) is 8.63. The lowest BCUT2D eigenvalue weighted by Crippen LogP contribution is -2.51. The highest BCUT2D eigenvalue weighted by atomic mass is 16.2. The fourth-order valence-electron chi connectivity index (χ4n) is 2.80. The summed E-state index contributed by atoms with van der Waals surface area (Å²) in [7, 11) is 0. The highest BCUT2D eigenvalue weighted by molar-refractivity contribution is 5.94. The van der Waals surface area contributed by atoms with Crippen molar-refractivity contribution in [1.82, 2.24) is 4.90 Å². The molecule has 18 heavy (non-hydrogen) atoms. The van der Waals surface area contributed by atoms with Gasteiger partial charge in [-0.15, -0.1) is 0 Å². The van der Waals surface area contributed by atoms with E-state index in [0.29, 0.717) is 12.5 Å². The number of aryl methyl sites for hydroxylation is 1. The molecule has 2 atom stereocenters. The Hall–Kier alpha value is -1.35. The lowest BCUT2D eigenvalue weighted by molar-refractivity contribution is 0.0532. The molecule has 1 aromatic rings. The van der Waals surface area contributed by atoms with Gasteiger partial charge in [0, 0.05) is 24.7 Å². The molecule has 0 saturated carbocycles. The first kappa shape index (κ1) is 13.1. The Bertz CT molecular complexity index is 430. The van der Waals surface area contributed by atoms with Crippen molar-refractivity contribution in [3.05, 3.63) is 35.4 Å². The molecule has 1 heterocycles. The average Bonchev–Trinajstić information content (AvgIpc) is 2.37. The third kappa shape index (κ3) is 2.56. The molecule has 2 N–H and O–H groups in total. The number of likely N-dealkylation sites (tertiary alicyclic amines) is 1. The zero-order valence-electron chi connectivity index (χ0n) is 11.2. The van der Waals surface area contributed by atoms with Crippen molar-refractivity contribution in [3.63, 3.8) is 0 Å². The molecule has 0 radical (unpaired) electrons. The van der Waals surface area contributed by atoms with Crippen LogP contribution in [0.1, 0.15) is 35.7 Å². The molecular formula is C15H22N2O. The van der Waals surface area contributed by atoms with E-state index in [-0.39, 0.29) is 11.9 Å². The summed E-state index contributed by atoms with van der Waals surface area (Å²) < 4.78 is 0. The van der Waals surface area contributed by atoms with Gasteiger partial charge in [0.05, 0.1) is 0 Å². The van der Waals surface area contributed by atoms with E-state index >= 15 is 0 Å². The Balaban J connectivity index is 2.21. The molecule has 1 saturated heterocycles. The van der Waals surface area contributed by atoms with E-state index in [0.717, 1.165) is 24.1 Å². The lowest BCUT2D eigenvalue weighted by atomic mass is 9.90. The molecule has 0 bridgehead atoms. The van der Waals surface area contributed by atoms with Crippen molar-refractivity contribution in [2.75, 3.05) is 13.1 Å². The topological polar surface area (TPSA) is 46.3 Å². The Kier molecular flexibility index (Phi) is 4.02. The van der Waals surface area contributed by atoms with Crippen LogP contribution in [0.5, 0.6) is 0 Å². The first-order valence-corrected chi connectivity index (χ1v) is 6.71. The molecule has 2 unspecified atom stereocenters. The van der Waals surface area contributed by atoms with Gasteiger partial charge in [-0.05, 0) is 37.8 Å². The number of piperidine rings is 1. The van der Waals surface area contributed by atoms with Crippen molar-refractivity contribution in [1.29, 1.82) is 0 Å². The Morgan fingerprint density at radius 3 is 2.94 bits per heavy atom. The summed E-state index contributed by atoms with van der Waals surface area (Å²) in [6, 6.07) is 7.98. The molecule has 3 heteroatoms. The number of carbonyl (C=O) groups is 1. The number of benzene rings is 1. The van der Waals surface area contributed by atoms with Gasteiger partial charge in [-0.2, -0.15) is 0 Å². The van der Waals surface area contributed by atoms with Gasteiger partial charge in [0.2, 0.25) is 0 Å². The smallest absolute Gasteiger partial charge is 0.254 e. The number of nitrogens with zero attached hydrogens (tertiary/aromatic N) is 1. The van der Waals surface area contributed by atoms with Crippen LogP contribution in [0.15, 0.2) is 24.3 Å². The quantitative estimate of drug-likeness (QED) is 0.869. The third-order valence-corrected chi connectivity index (χ3v) is 3.88. The first-order valence-electron chi connectivity index (χ1n) is 6.71. The van der Waals surface area contributed by atoms with Crippen LogP contribution in [0.4, 0.5) is 0 Å². The molecule has 3 nitrogen and oxygen atoms in total. The molecule has 0 aliphatic carbocycles. The number of nitrogens with two attached hydrogens (primary N) is 1. The normalized spacial score (nSPS) is 24.1. The van der Waals surface area contributed by atoms with E-state index in [4.69, 9.17) is 5.73 Å². The van der Waals surface area contributed by atoms with Crippen molar-refractivity contribution >= 4 is 5.91 Å². The van der Waals surface area contributed by atoms with Crippen LogP contribution < -0.4 is 5.73 Å². The fraction of sp³-hybridized carbons (Fsp3) is 0.533. The highest BCUT2D eigenvalue weighted by Crippen LogP contribution is 2.24. The second-order valence-corrected chi connectivity index (χ2v) is 5.29. The number of hydrogen-bond acceptors (Lipinski definition) is 2. The molecule has 98 valence electrons. The van der Waals surface area contributed by atoms with E-state index in [1.165, 1.54) is 6.42 Å². The Labute approximate surface area is 109 Å². The Morgan fingerprint density at radius 2 is 2.28 bits per heavy atom. The number of rotatable bonds is 2. The number of hydrogen-bond donors (Lipinski definition) is 1. The summed E-state index contributed by atoms with van der Waals surface area (Å²) in [5, 5.41) is 0. The van der Waals surface area contributed by atoms with Crippen molar-refractivity contribution in [3.8, 4) is 0 Å². The van der Waals surface area contributed by atoms with Crippen LogP contribution in [0.25, 0.3) is 0 Å². The zero-order chi connectivity index (χ0) is 13.1. The van der Waals surface area contributed by atoms with E-state index in [9.17, 15) is 4.79 Å². The van der Waals surface area contributed by atoms with Gasteiger partial charge < -0.3 is 10.6 Å². The van der Waals surface area contributed by atoms with Gasteiger partial charge in [-0.1, -0.05) is 24.6 Å². The largest absolute Gasteiger partial charge is 0.334 e. The van der Waals surface area contributed by atoms with E-state index in [1.807, 2.05) is 36.1 Å². The number of amides is 1. The summed E-state index contributed by atoms with van der Waals surface area (Å²) in [6.07, 6.45) is 2.24. The lowest BCUT2D eigenvalue weighted by Gasteiger charge is -2.39. The summed E-state index contributed by atoms with van der Waals surface area (Å²) >= 11 is 0. The van der Waals surface area contributed by atoms with Crippen molar-refractivity contribution < 1.29 is 4.79 Å². The third-order valence-electron chi connectivity index (χ3n) is 3.88. The van der Waals surface area contributed by atoms with Crippen LogP contribution in [-0.2, 0) is 0 Å². The molecule has 1 aliphatic heterocycles. The van der Waals surface area contributed by atoms with Crippen LogP contribution in [0.3, 0.4) is 0 Å². The van der Waals surface area contributed by atoms with Crippen molar-refractivity contribution in [2.45, 2.75) is 32.7 Å². The molecule has 0 spiro atoms. The molecular weight excluding hydrogens is 224 g/mol. The zero-order valence-corrected chi connectivity index (χ0v) is 11.2. The van der Waals surface area contributed by atoms with Gasteiger partial charge in [-0.25, -0.2) is 0 Å². The molecule has 0 aromatic heterocycles. The SMILES string of the molecule is Cc1cccc(C(=O)N2CCCC(C)C2CN)c1. The predicted molar refractivity (Wildman–Crippen MR) is 73.5 cm³/mol. The average molecular weight is 246 g/mol.